The van der Waals surface area contributed by atoms with Crippen molar-refractivity contribution in [3.8, 4) is 22.8 Å². The summed E-state index contributed by atoms with van der Waals surface area (Å²) in [7, 11) is 0. The molecule has 6 nitrogen and oxygen atoms in total. The van der Waals surface area contributed by atoms with Crippen LogP contribution in [0.1, 0.15) is 66.8 Å². The minimum atomic E-state index is -0.888. The number of rotatable bonds is 4. The van der Waals surface area contributed by atoms with Crippen LogP contribution in [-0.2, 0) is 6.54 Å². The summed E-state index contributed by atoms with van der Waals surface area (Å²) in [5.41, 5.74) is 4.98. The first-order chi connectivity index (χ1) is 16.7. The number of hydrogen-bond donors (Lipinski definition) is 2. The van der Waals surface area contributed by atoms with Gasteiger partial charge in [-0.1, -0.05) is 25.3 Å². The first-order valence-electron chi connectivity index (χ1n) is 12.7. The zero-order valence-corrected chi connectivity index (χ0v) is 19.5. The van der Waals surface area contributed by atoms with Crippen LogP contribution >= 0.6 is 0 Å². The summed E-state index contributed by atoms with van der Waals surface area (Å²) in [6.07, 6.45) is 8.54. The average molecular weight is 461 g/mol. The Morgan fingerprint density at radius 2 is 1.94 bits per heavy atom. The average Bonchev–Trinajstić information content (AvgIpc) is 3.07. The molecule has 6 heteroatoms. The number of nitrogens with zero attached hydrogens (tertiary/aromatic N) is 1. The van der Waals surface area contributed by atoms with Gasteiger partial charge in [-0.25, -0.2) is 4.79 Å². The van der Waals surface area contributed by atoms with Crippen molar-refractivity contribution < 1.29 is 19.4 Å². The van der Waals surface area contributed by atoms with Crippen LogP contribution in [0.15, 0.2) is 36.4 Å². The molecule has 3 heterocycles. The third kappa shape index (κ3) is 3.84. The lowest BCUT2D eigenvalue weighted by molar-refractivity contribution is 0.0697. The molecule has 1 unspecified atom stereocenters. The summed E-state index contributed by atoms with van der Waals surface area (Å²) in [4.78, 5) is 11.7. The Labute approximate surface area is 199 Å². The van der Waals surface area contributed by atoms with E-state index in [-0.39, 0.29) is 6.10 Å². The van der Waals surface area contributed by atoms with Crippen molar-refractivity contribution in [2.75, 3.05) is 19.7 Å². The maximum atomic E-state index is 11.7. The monoisotopic (exact) mass is 460 g/mol. The fourth-order valence-electron chi connectivity index (χ4n) is 6.09. The van der Waals surface area contributed by atoms with Crippen LogP contribution in [-0.4, -0.2) is 41.4 Å². The Bertz CT molecular complexity index is 1220. The standard InChI is InChI=1S/C28H32N2O4/c31-28(32)19-8-10-22-24(15-19)30-13-14-33-25-16-20(34-21-7-4-12-29-17-21)9-11-23(25)27(30)26(22)18-5-2-1-3-6-18/h8-11,15-16,18,21,29H,1-7,12-14,17H2,(H,31,32). The Morgan fingerprint density at radius 3 is 2.74 bits per heavy atom. The summed E-state index contributed by atoms with van der Waals surface area (Å²) in [5, 5.41) is 14.2. The fraction of sp³-hybridized carbons (Fsp3) is 0.464. The molecule has 1 aromatic heterocycles. The van der Waals surface area contributed by atoms with Gasteiger partial charge in [0.05, 0.1) is 17.8 Å². The number of carboxylic acid groups (broad SMARTS) is 1. The van der Waals surface area contributed by atoms with E-state index >= 15 is 0 Å². The van der Waals surface area contributed by atoms with Crippen LogP contribution < -0.4 is 14.8 Å². The first kappa shape index (κ1) is 21.5. The lowest BCUT2D eigenvalue weighted by Gasteiger charge is -2.25. The molecule has 1 saturated carbocycles. The predicted octanol–water partition coefficient (Wildman–Crippen LogP) is 5.58. The molecule has 3 aliphatic rings. The molecule has 0 bridgehead atoms. The molecule has 34 heavy (non-hydrogen) atoms. The largest absolute Gasteiger partial charge is 0.491 e. The van der Waals surface area contributed by atoms with Crippen molar-refractivity contribution in [2.24, 2.45) is 0 Å². The number of hydrogen-bond acceptors (Lipinski definition) is 4. The lowest BCUT2D eigenvalue weighted by Crippen LogP contribution is -2.37. The number of carboxylic acids is 1. The minimum Gasteiger partial charge on any atom is -0.491 e. The molecule has 2 aromatic carbocycles. The van der Waals surface area contributed by atoms with Crippen molar-refractivity contribution in [1.82, 2.24) is 9.88 Å². The minimum absolute atomic E-state index is 0.191. The SMILES string of the molecule is O=C(O)c1ccc2c(C3CCCCC3)c3n(c2c1)CCOc1cc(OC2CCCNC2)ccc1-3. The van der Waals surface area contributed by atoms with E-state index in [0.29, 0.717) is 24.6 Å². The van der Waals surface area contributed by atoms with E-state index in [1.807, 2.05) is 18.2 Å². The van der Waals surface area contributed by atoms with Crippen molar-refractivity contribution in [3.63, 3.8) is 0 Å². The summed E-state index contributed by atoms with van der Waals surface area (Å²) < 4.78 is 14.8. The highest BCUT2D eigenvalue weighted by Gasteiger charge is 2.30. The topological polar surface area (TPSA) is 72.7 Å². The van der Waals surface area contributed by atoms with Crippen molar-refractivity contribution in [1.29, 1.82) is 0 Å². The molecule has 0 radical (unpaired) electrons. The normalized spacial score (nSPS) is 20.8. The van der Waals surface area contributed by atoms with E-state index in [1.54, 1.807) is 6.07 Å². The number of piperidine rings is 1. The van der Waals surface area contributed by atoms with Crippen LogP contribution in [0, 0.1) is 0 Å². The highest BCUT2D eigenvalue weighted by molar-refractivity contribution is 5.98. The quantitative estimate of drug-likeness (QED) is 0.532. The van der Waals surface area contributed by atoms with E-state index in [4.69, 9.17) is 9.47 Å². The van der Waals surface area contributed by atoms with Gasteiger partial charge in [0.15, 0.2) is 0 Å². The van der Waals surface area contributed by atoms with Gasteiger partial charge in [0.1, 0.15) is 24.2 Å². The molecule has 1 aliphatic carbocycles. The third-order valence-electron chi connectivity index (χ3n) is 7.70. The van der Waals surface area contributed by atoms with Gasteiger partial charge < -0.3 is 24.5 Å². The summed E-state index contributed by atoms with van der Waals surface area (Å²) in [6.45, 7) is 3.17. The number of carbonyl (C=O) groups is 1. The van der Waals surface area contributed by atoms with Crippen LogP contribution in [0.2, 0.25) is 0 Å². The van der Waals surface area contributed by atoms with Gasteiger partial charge in [-0.05, 0) is 68.0 Å². The Hall–Kier alpha value is -2.99. The second kappa shape index (κ2) is 8.99. The van der Waals surface area contributed by atoms with Crippen molar-refractivity contribution in [3.05, 3.63) is 47.5 Å². The fourth-order valence-corrected chi connectivity index (χ4v) is 6.09. The zero-order valence-electron chi connectivity index (χ0n) is 19.5. The summed E-state index contributed by atoms with van der Waals surface area (Å²) in [6, 6.07) is 11.9. The zero-order chi connectivity index (χ0) is 23.1. The maximum absolute atomic E-state index is 11.7. The molecule has 0 amide bonds. The Balaban J connectivity index is 1.49. The maximum Gasteiger partial charge on any atom is 0.335 e. The Kier molecular flexibility index (Phi) is 5.69. The van der Waals surface area contributed by atoms with E-state index in [1.165, 1.54) is 48.7 Å². The molecular formula is C28H32N2O4. The van der Waals surface area contributed by atoms with Crippen LogP contribution in [0.5, 0.6) is 11.5 Å². The van der Waals surface area contributed by atoms with Crippen LogP contribution in [0.3, 0.4) is 0 Å². The summed E-state index contributed by atoms with van der Waals surface area (Å²) >= 11 is 0. The van der Waals surface area contributed by atoms with Gasteiger partial charge in [0.25, 0.3) is 0 Å². The van der Waals surface area contributed by atoms with Gasteiger partial charge >= 0.3 is 5.97 Å². The van der Waals surface area contributed by atoms with E-state index < -0.39 is 5.97 Å². The molecule has 6 rings (SSSR count). The molecule has 2 aliphatic heterocycles. The summed E-state index contributed by atoms with van der Waals surface area (Å²) in [5.74, 6) is 1.31. The smallest absolute Gasteiger partial charge is 0.335 e. The van der Waals surface area contributed by atoms with Crippen LogP contribution in [0.4, 0.5) is 0 Å². The Morgan fingerprint density at radius 1 is 1.06 bits per heavy atom. The van der Waals surface area contributed by atoms with Gasteiger partial charge in [-0.15, -0.1) is 0 Å². The second-order valence-electron chi connectivity index (χ2n) is 9.88. The second-order valence-corrected chi connectivity index (χ2v) is 9.88. The van der Waals surface area contributed by atoms with Crippen LogP contribution in [0.25, 0.3) is 22.2 Å². The molecule has 1 atom stereocenters. The number of benzene rings is 2. The van der Waals surface area contributed by atoms with Crippen molar-refractivity contribution >= 4 is 16.9 Å². The number of nitrogens with one attached hydrogen (secondary N) is 1. The van der Waals surface area contributed by atoms with E-state index in [2.05, 4.69) is 22.0 Å². The number of fused-ring (bicyclic) bond motifs is 5. The first-order valence-corrected chi connectivity index (χ1v) is 12.7. The molecule has 178 valence electrons. The number of ether oxygens (including phenoxy) is 2. The lowest BCUT2D eigenvalue weighted by atomic mass is 9.81. The van der Waals surface area contributed by atoms with Gasteiger partial charge in [0, 0.05) is 29.1 Å². The molecule has 0 spiro atoms. The third-order valence-corrected chi connectivity index (χ3v) is 7.70. The van der Waals surface area contributed by atoms with Gasteiger partial charge in [-0.3, -0.25) is 0 Å². The highest BCUT2D eigenvalue weighted by Crippen LogP contribution is 2.47. The molecule has 2 fully saturated rings. The van der Waals surface area contributed by atoms with Gasteiger partial charge in [-0.2, -0.15) is 0 Å². The van der Waals surface area contributed by atoms with Crippen molar-refractivity contribution in [2.45, 2.75) is 63.5 Å². The van der Waals surface area contributed by atoms with E-state index in [0.717, 1.165) is 48.5 Å². The molecule has 1 saturated heterocycles. The van der Waals surface area contributed by atoms with Gasteiger partial charge in [0.2, 0.25) is 0 Å². The molecule has 2 N–H and O–H groups in total. The molecule has 3 aromatic rings. The number of aromatic nitrogens is 1. The van der Waals surface area contributed by atoms with E-state index in [9.17, 15) is 9.90 Å². The molecular weight excluding hydrogens is 428 g/mol. The predicted molar refractivity (Wildman–Crippen MR) is 132 cm³/mol. The highest BCUT2D eigenvalue weighted by atomic mass is 16.5. The number of aromatic carboxylic acids is 1.